The summed E-state index contributed by atoms with van der Waals surface area (Å²) >= 11 is 1.51. The van der Waals surface area contributed by atoms with Crippen LogP contribution >= 0.6 is 11.8 Å². The second kappa shape index (κ2) is 6.92. The van der Waals surface area contributed by atoms with Gasteiger partial charge in [-0.05, 0) is 42.3 Å². The molecule has 3 rings (SSSR count). The highest BCUT2D eigenvalue weighted by Gasteiger charge is 2.25. The highest BCUT2D eigenvalue weighted by molar-refractivity contribution is 8.04. The van der Waals surface area contributed by atoms with E-state index in [1.54, 1.807) is 7.11 Å². The Bertz CT molecular complexity index is 765. The van der Waals surface area contributed by atoms with Crippen LogP contribution in [0.3, 0.4) is 0 Å². The zero-order valence-electron chi connectivity index (χ0n) is 13.2. The van der Waals surface area contributed by atoms with Gasteiger partial charge in [0.25, 0.3) is 0 Å². The third-order valence-corrected chi connectivity index (χ3v) is 4.62. The van der Waals surface area contributed by atoms with Gasteiger partial charge in [-0.2, -0.15) is 0 Å². The minimum absolute atomic E-state index is 0.0795. The molecule has 118 valence electrons. The summed E-state index contributed by atoms with van der Waals surface area (Å²) in [5.74, 6) is 1.49. The molecule has 0 spiro atoms. The second-order valence-electron chi connectivity index (χ2n) is 5.19. The molecule has 4 heteroatoms. The number of ether oxygens (including phenoxy) is 2. The topological polar surface area (TPSA) is 35.5 Å². The van der Waals surface area contributed by atoms with Crippen LogP contribution in [0.25, 0.3) is 6.08 Å². The van der Waals surface area contributed by atoms with Crippen molar-refractivity contribution in [2.75, 3.05) is 13.7 Å². The van der Waals surface area contributed by atoms with Gasteiger partial charge in [-0.1, -0.05) is 36.9 Å². The van der Waals surface area contributed by atoms with Gasteiger partial charge in [-0.3, -0.25) is 4.79 Å². The molecule has 0 aliphatic carbocycles. The van der Waals surface area contributed by atoms with E-state index in [2.05, 4.69) is 6.92 Å². The van der Waals surface area contributed by atoms with E-state index in [0.29, 0.717) is 12.4 Å². The lowest BCUT2D eigenvalue weighted by Crippen LogP contribution is -1.98. The van der Waals surface area contributed by atoms with Crippen LogP contribution < -0.4 is 9.47 Å². The summed E-state index contributed by atoms with van der Waals surface area (Å²) in [5, 5.41) is 0. The van der Waals surface area contributed by atoms with E-state index in [-0.39, 0.29) is 5.78 Å². The largest absolute Gasteiger partial charge is 0.493 e. The number of benzene rings is 2. The van der Waals surface area contributed by atoms with E-state index in [1.165, 1.54) is 11.8 Å². The van der Waals surface area contributed by atoms with E-state index in [0.717, 1.165) is 33.1 Å². The summed E-state index contributed by atoms with van der Waals surface area (Å²) in [6.07, 6.45) is 2.84. The quantitative estimate of drug-likeness (QED) is 0.738. The maximum absolute atomic E-state index is 12.4. The third-order valence-electron chi connectivity index (χ3n) is 3.52. The van der Waals surface area contributed by atoms with E-state index >= 15 is 0 Å². The first-order valence-corrected chi connectivity index (χ1v) is 8.38. The normalized spacial score (nSPS) is 14.9. The van der Waals surface area contributed by atoms with Gasteiger partial charge in [0.05, 0.1) is 18.6 Å². The highest BCUT2D eigenvalue weighted by Crippen LogP contribution is 2.41. The Labute approximate surface area is 140 Å². The fourth-order valence-electron chi connectivity index (χ4n) is 2.39. The average molecular weight is 326 g/mol. The molecular formula is C19H18O3S. The molecule has 0 atom stereocenters. The van der Waals surface area contributed by atoms with E-state index < -0.39 is 0 Å². The number of hydrogen-bond donors (Lipinski definition) is 0. The molecule has 1 aliphatic rings. The summed E-state index contributed by atoms with van der Waals surface area (Å²) in [6, 6.07) is 13.4. The Kier molecular flexibility index (Phi) is 4.72. The van der Waals surface area contributed by atoms with Crippen LogP contribution in [-0.2, 0) is 0 Å². The molecule has 0 unspecified atom stereocenters. The number of thioether (sulfide) groups is 1. The molecule has 0 aromatic heterocycles. The molecule has 3 nitrogen and oxygen atoms in total. The number of allylic oxidation sites excluding steroid dienone is 1. The zero-order valence-corrected chi connectivity index (χ0v) is 14.0. The monoisotopic (exact) mass is 326 g/mol. The summed E-state index contributed by atoms with van der Waals surface area (Å²) < 4.78 is 11.0. The lowest BCUT2D eigenvalue weighted by Gasteiger charge is -2.10. The number of fused-ring (bicyclic) bond motifs is 1. The van der Waals surface area contributed by atoms with Crippen LogP contribution in [0.2, 0.25) is 0 Å². The lowest BCUT2D eigenvalue weighted by atomic mass is 10.1. The standard InChI is InChI=1S/C19H18O3S/c1-3-10-22-15-9-8-13(11-16(15)21-2)12-18-19(20)14-6-4-5-7-17(14)23-18/h4-9,11-12H,3,10H2,1-2H3/b18-12-. The van der Waals surface area contributed by atoms with E-state index in [9.17, 15) is 4.79 Å². The smallest absolute Gasteiger partial charge is 0.200 e. The summed E-state index contributed by atoms with van der Waals surface area (Å²) in [6.45, 7) is 2.71. The van der Waals surface area contributed by atoms with Gasteiger partial charge in [0.1, 0.15) is 0 Å². The van der Waals surface area contributed by atoms with Gasteiger partial charge in [-0.25, -0.2) is 0 Å². The number of hydrogen-bond acceptors (Lipinski definition) is 4. The third kappa shape index (κ3) is 3.27. The van der Waals surface area contributed by atoms with Crippen LogP contribution in [0.1, 0.15) is 29.3 Å². The average Bonchev–Trinajstić information content (AvgIpc) is 2.90. The van der Waals surface area contributed by atoms with Crippen molar-refractivity contribution in [3.8, 4) is 11.5 Å². The Hall–Kier alpha value is -2.20. The van der Waals surface area contributed by atoms with E-state index in [4.69, 9.17) is 9.47 Å². The minimum Gasteiger partial charge on any atom is -0.493 e. The molecule has 0 radical (unpaired) electrons. The molecule has 0 saturated carbocycles. The molecule has 23 heavy (non-hydrogen) atoms. The Morgan fingerprint density at radius 1 is 1.13 bits per heavy atom. The number of ketones is 1. The molecule has 0 N–H and O–H groups in total. The first kappa shape index (κ1) is 15.7. The molecule has 0 bridgehead atoms. The molecule has 1 aliphatic heterocycles. The van der Waals surface area contributed by atoms with Crippen LogP contribution in [0.4, 0.5) is 0 Å². The lowest BCUT2D eigenvalue weighted by molar-refractivity contribution is 0.104. The summed E-state index contributed by atoms with van der Waals surface area (Å²) in [5.41, 5.74) is 1.70. The second-order valence-corrected chi connectivity index (χ2v) is 6.28. The van der Waals surface area contributed by atoms with Crippen molar-refractivity contribution in [2.45, 2.75) is 18.2 Å². The number of rotatable bonds is 5. The van der Waals surface area contributed by atoms with Crippen molar-refractivity contribution in [1.29, 1.82) is 0 Å². The van der Waals surface area contributed by atoms with Gasteiger partial charge in [-0.15, -0.1) is 0 Å². The molecule has 0 fully saturated rings. The molecule has 2 aromatic carbocycles. The molecule has 2 aromatic rings. The van der Waals surface area contributed by atoms with Crippen molar-refractivity contribution in [1.82, 2.24) is 0 Å². The highest BCUT2D eigenvalue weighted by atomic mass is 32.2. The SMILES string of the molecule is CCCOc1ccc(/C=C2\Sc3ccccc3C2=O)cc1OC. The fourth-order valence-corrected chi connectivity index (χ4v) is 3.44. The maximum atomic E-state index is 12.4. The predicted molar refractivity (Wildman–Crippen MR) is 93.4 cm³/mol. The van der Waals surface area contributed by atoms with Crippen molar-refractivity contribution < 1.29 is 14.3 Å². The van der Waals surface area contributed by atoms with E-state index in [1.807, 2.05) is 48.5 Å². The van der Waals surface area contributed by atoms with Gasteiger partial charge in [0.2, 0.25) is 5.78 Å². The molecule has 0 saturated heterocycles. The van der Waals surface area contributed by atoms with Gasteiger partial charge < -0.3 is 9.47 Å². The first-order valence-electron chi connectivity index (χ1n) is 7.57. The van der Waals surface area contributed by atoms with Crippen LogP contribution in [0.15, 0.2) is 52.3 Å². The van der Waals surface area contributed by atoms with Crippen molar-refractivity contribution >= 4 is 23.6 Å². The van der Waals surface area contributed by atoms with Crippen LogP contribution in [0.5, 0.6) is 11.5 Å². The number of Topliss-reactive ketones (excluding diaryl/α,β-unsaturated/α-hetero) is 1. The Balaban J connectivity index is 1.87. The van der Waals surface area contributed by atoms with Gasteiger partial charge >= 0.3 is 0 Å². The van der Waals surface area contributed by atoms with Crippen LogP contribution in [0, 0.1) is 0 Å². The minimum atomic E-state index is 0.0795. The maximum Gasteiger partial charge on any atom is 0.200 e. The molecule has 0 amide bonds. The Morgan fingerprint density at radius 2 is 1.96 bits per heavy atom. The molecular weight excluding hydrogens is 308 g/mol. The summed E-state index contributed by atoms with van der Waals surface area (Å²) in [4.78, 5) is 14.2. The van der Waals surface area contributed by atoms with Gasteiger partial charge in [0.15, 0.2) is 11.5 Å². The van der Waals surface area contributed by atoms with Crippen LogP contribution in [-0.4, -0.2) is 19.5 Å². The first-order chi connectivity index (χ1) is 11.2. The van der Waals surface area contributed by atoms with Crippen molar-refractivity contribution in [2.24, 2.45) is 0 Å². The number of methoxy groups -OCH3 is 1. The predicted octanol–water partition coefficient (Wildman–Crippen LogP) is 4.81. The van der Waals surface area contributed by atoms with Crippen molar-refractivity contribution in [3.63, 3.8) is 0 Å². The van der Waals surface area contributed by atoms with Crippen molar-refractivity contribution in [3.05, 3.63) is 58.5 Å². The molecule has 1 heterocycles. The summed E-state index contributed by atoms with van der Waals surface area (Å²) in [7, 11) is 1.62. The Morgan fingerprint density at radius 3 is 2.70 bits per heavy atom. The fraction of sp³-hybridized carbons (Fsp3) is 0.211. The number of carbonyl (C=O) groups is 1. The van der Waals surface area contributed by atoms with Gasteiger partial charge in [0, 0.05) is 10.5 Å². The number of carbonyl (C=O) groups excluding carboxylic acids is 1. The zero-order chi connectivity index (χ0) is 16.2.